The van der Waals surface area contributed by atoms with Crippen molar-refractivity contribution in [3.05, 3.63) is 59.2 Å². The van der Waals surface area contributed by atoms with Gasteiger partial charge >= 0.3 is 6.18 Å². The molecular formula is C19H19F3N2OS. The second-order valence-electron chi connectivity index (χ2n) is 6.37. The lowest BCUT2D eigenvalue weighted by atomic mass is 10.1. The summed E-state index contributed by atoms with van der Waals surface area (Å²) in [6, 6.07) is 10.9. The fourth-order valence-electron chi connectivity index (χ4n) is 2.81. The SMILES string of the molecule is Cc1cccc(C)c1NC(=S)N1CC(Oc2cccc(C(F)(F)F)c2)C1. The van der Waals surface area contributed by atoms with E-state index < -0.39 is 11.7 Å². The van der Waals surface area contributed by atoms with E-state index in [0.717, 1.165) is 28.9 Å². The summed E-state index contributed by atoms with van der Waals surface area (Å²) < 4.78 is 43.9. The molecule has 0 aliphatic carbocycles. The number of hydrogen-bond acceptors (Lipinski definition) is 2. The molecule has 2 aromatic carbocycles. The lowest BCUT2D eigenvalue weighted by molar-refractivity contribution is -0.137. The molecule has 1 aliphatic rings. The molecule has 1 heterocycles. The molecule has 3 nitrogen and oxygen atoms in total. The molecule has 0 aromatic heterocycles. The minimum Gasteiger partial charge on any atom is -0.487 e. The Morgan fingerprint density at radius 2 is 1.73 bits per heavy atom. The molecule has 26 heavy (non-hydrogen) atoms. The van der Waals surface area contributed by atoms with Gasteiger partial charge in [0.1, 0.15) is 11.9 Å². The first-order valence-corrected chi connectivity index (χ1v) is 8.61. The van der Waals surface area contributed by atoms with Crippen LogP contribution in [0, 0.1) is 13.8 Å². The highest BCUT2D eigenvalue weighted by molar-refractivity contribution is 7.80. The summed E-state index contributed by atoms with van der Waals surface area (Å²) in [6.45, 7) is 5.08. The number of ether oxygens (including phenoxy) is 1. The fraction of sp³-hybridized carbons (Fsp3) is 0.316. The molecule has 1 fully saturated rings. The molecule has 3 rings (SSSR count). The number of nitrogens with zero attached hydrogens (tertiary/aromatic N) is 1. The van der Waals surface area contributed by atoms with Crippen LogP contribution in [-0.4, -0.2) is 29.2 Å². The minimum absolute atomic E-state index is 0.184. The number of halogens is 3. The van der Waals surface area contributed by atoms with Gasteiger partial charge in [0.15, 0.2) is 5.11 Å². The predicted octanol–water partition coefficient (Wildman–Crippen LogP) is 4.78. The van der Waals surface area contributed by atoms with E-state index in [2.05, 4.69) is 5.32 Å². The van der Waals surface area contributed by atoms with Gasteiger partial charge in [0.05, 0.1) is 18.7 Å². The molecule has 0 amide bonds. The van der Waals surface area contributed by atoms with Gasteiger partial charge in [-0.15, -0.1) is 0 Å². The number of anilines is 1. The Hall–Kier alpha value is -2.28. The van der Waals surface area contributed by atoms with Crippen LogP contribution in [0.15, 0.2) is 42.5 Å². The Kier molecular flexibility index (Phi) is 5.09. The van der Waals surface area contributed by atoms with Crippen LogP contribution >= 0.6 is 12.2 Å². The van der Waals surface area contributed by atoms with E-state index >= 15 is 0 Å². The predicted molar refractivity (Wildman–Crippen MR) is 99.6 cm³/mol. The lowest BCUT2D eigenvalue weighted by Crippen LogP contribution is -2.57. The Morgan fingerprint density at radius 1 is 1.12 bits per heavy atom. The maximum Gasteiger partial charge on any atom is 0.416 e. The Balaban J connectivity index is 1.55. The van der Waals surface area contributed by atoms with Crippen LogP contribution in [0.25, 0.3) is 0 Å². The quantitative estimate of drug-likeness (QED) is 0.775. The molecule has 0 saturated carbocycles. The van der Waals surface area contributed by atoms with Crippen molar-refractivity contribution >= 4 is 23.0 Å². The van der Waals surface area contributed by atoms with Gasteiger partial charge in [-0.1, -0.05) is 24.3 Å². The highest BCUT2D eigenvalue weighted by Gasteiger charge is 2.33. The number of benzene rings is 2. The van der Waals surface area contributed by atoms with Crippen LogP contribution < -0.4 is 10.1 Å². The Bertz CT molecular complexity index is 796. The second kappa shape index (κ2) is 7.15. The van der Waals surface area contributed by atoms with Gasteiger partial charge in [0, 0.05) is 5.69 Å². The molecule has 1 aliphatic heterocycles. The molecule has 138 valence electrons. The number of alkyl halides is 3. The summed E-state index contributed by atoms with van der Waals surface area (Å²) in [6.07, 6.45) is -4.56. The van der Waals surface area contributed by atoms with Crippen LogP contribution in [0.2, 0.25) is 0 Å². The third kappa shape index (κ3) is 4.09. The maximum atomic E-state index is 12.8. The van der Waals surface area contributed by atoms with Crippen molar-refractivity contribution in [3.8, 4) is 5.75 Å². The summed E-state index contributed by atoms with van der Waals surface area (Å²) in [5.74, 6) is 0.220. The Labute approximate surface area is 155 Å². The van der Waals surface area contributed by atoms with Gasteiger partial charge in [-0.2, -0.15) is 13.2 Å². The van der Waals surface area contributed by atoms with Gasteiger partial charge in [-0.3, -0.25) is 0 Å². The topological polar surface area (TPSA) is 24.5 Å². The minimum atomic E-state index is -4.37. The zero-order valence-electron chi connectivity index (χ0n) is 14.4. The zero-order chi connectivity index (χ0) is 18.9. The van der Waals surface area contributed by atoms with Gasteiger partial charge in [0.25, 0.3) is 0 Å². The fourth-order valence-corrected chi connectivity index (χ4v) is 3.07. The van der Waals surface area contributed by atoms with Crippen LogP contribution in [0.3, 0.4) is 0 Å². The van der Waals surface area contributed by atoms with E-state index in [1.165, 1.54) is 12.1 Å². The van der Waals surface area contributed by atoms with E-state index in [-0.39, 0.29) is 11.9 Å². The van der Waals surface area contributed by atoms with E-state index in [4.69, 9.17) is 17.0 Å². The van der Waals surface area contributed by atoms with E-state index in [1.807, 2.05) is 36.9 Å². The molecule has 0 atom stereocenters. The first-order chi connectivity index (χ1) is 12.2. The van der Waals surface area contributed by atoms with Gasteiger partial charge in [0.2, 0.25) is 0 Å². The van der Waals surface area contributed by atoms with Crippen molar-refractivity contribution in [1.82, 2.24) is 4.90 Å². The lowest BCUT2D eigenvalue weighted by Gasteiger charge is -2.40. The summed E-state index contributed by atoms with van der Waals surface area (Å²) in [5.41, 5.74) is 2.48. The Morgan fingerprint density at radius 3 is 2.35 bits per heavy atom. The third-order valence-corrected chi connectivity index (χ3v) is 4.67. The monoisotopic (exact) mass is 380 g/mol. The molecule has 0 bridgehead atoms. The molecule has 0 radical (unpaired) electrons. The van der Waals surface area contributed by atoms with E-state index in [9.17, 15) is 13.2 Å². The molecule has 1 N–H and O–H groups in total. The zero-order valence-corrected chi connectivity index (χ0v) is 15.2. The normalized spacial score (nSPS) is 14.7. The van der Waals surface area contributed by atoms with Gasteiger partial charge < -0.3 is 15.0 Å². The van der Waals surface area contributed by atoms with E-state index in [1.54, 1.807) is 0 Å². The smallest absolute Gasteiger partial charge is 0.416 e. The van der Waals surface area contributed by atoms with Crippen molar-refractivity contribution in [3.63, 3.8) is 0 Å². The summed E-state index contributed by atoms with van der Waals surface area (Å²) in [5, 5.41) is 3.84. The van der Waals surface area contributed by atoms with Crippen molar-refractivity contribution in [2.75, 3.05) is 18.4 Å². The summed E-state index contributed by atoms with van der Waals surface area (Å²) >= 11 is 5.43. The second-order valence-corrected chi connectivity index (χ2v) is 6.75. The number of hydrogen-bond donors (Lipinski definition) is 1. The van der Waals surface area contributed by atoms with Crippen LogP contribution in [0.5, 0.6) is 5.75 Å². The number of para-hydroxylation sites is 1. The van der Waals surface area contributed by atoms with E-state index in [0.29, 0.717) is 18.2 Å². The van der Waals surface area contributed by atoms with Crippen molar-refractivity contribution in [1.29, 1.82) is 0 Å². The van der Waals surface area contributed by atoms with Crippen molar-refractivity contribution in [2.24, 2.45) is 0 Å². The number of nitrogens with one attached hydrogen (secondary N) is 1. The molecule has 2 aromatic rings. The number of likely N-dealkylation sites (tertiary alicyclic amines) is 1. The van der Waals surface area contributed by atoms with Crippen LogP contribution in [0.1, 0.15) is 16.7 Å². The molecule has 0 unspecified atom stereocenters. The number of aryl methyl sites for hydroxylation is 2. The largest absolute Gasteiger partial charge is 0.487 e. The van der Waals surface area contributed by atoms with Crippen LogP contribution in [-0.2, 0) is 6.18 Å². The standard InChI is InChI=1S/C19H19F3N2OS/c1-12-5-3-6-13(2)17(12)23-18(26)24-10-16(11-24)25-15-8-4-7-14(9-15)19(20,21)22/h3-9,16H,10-11H2,1-2H3,(H,23,26). The maximum absolute atomic E-state index is 12.8. The van der Waals surface area contributed by atoms with Crippen molar-refractivity contribution in [2.45, 2.75) is 26.1 Å². The average molecular weight is 380 g/mol. The third-order valence-electron chi connectivity index (χ3n) is 4.31. The first kappa shape index (κ1) is 18.5. The number of rotatable bonds is 3. The summed E-state index contributed by atoms with van der Waals surface area (Å²) in [7, 11) is 0. The van der Waals surface area contributed by atoms with Crippen LogP contribution in [0.4, 0.5) is 18.9 Å². The average Bonchev–Trinajstić information content (AvgIpc) is 2.53. The number of thiocarbonyl (C=S) groups is 1. The molecule has 7 heteroatoms. The van der Waals surface area contributed by atoms with Gasteiger partial charge in [-0.25, -0.2) is 0 Å². The molecule has 1 saturated heterocycles. The highest BCUT2D eigenvalue weighted by atomic mass is 32.1. The summed E-state index contributed by atoms with van der Waals surface area (Å²) in [4.78, 5) is 1.93. The van der Waals surface area contributed by atoms with Gasteiger partial charge in [-0.05, 0) is 55.4 Å². The van der Waals surface area contributed by atoms with Crippen molar-refractivity contribution < 1.29 is 17.9 Å². The molecular weight excluding hydrogens is 361 g/mol. The molecule has 0 spiro atoms. The first-order valence-electron chi connectivity index (χ1n) is 8.20. The highest BCUT2D eigenvalue weighted by Crippen LogP contribution is 2.32.